The first-order valence-corrected chi connectivity index (χ1v) is 12.7. The van der Waals surface area contributed by atoms with Gasteiger partial charge in [-0.3, -0.25) is 4.79 Å². The number of rotatable bonds is 8. The second kappa shape index (κ2) is 12.2. The van der Waals surface area contributed by atoms with Crippen molar-refractivity contribution in [3.05, 3.63) is 117 Å². The Hall–Kier alpha value is -2.87. The molecule has 3 heteroatoms. The van der Waals surface area contributed by atoms with Crippen LogP contribution >= 0.6 is 23.2 Å². The molecular weight excluding hydrogens is 471 g/mol. The highest BCUT2D eigenvalue weighted by atomic mass is 35.5. The van der Waals surface area contributed by atoms with E-state index in [0.717, 1.165) is 67.3 Å². The molecule has 1 nitrogen and oxygen atoms in total. The maximum Gasteiger partial charge on any atom is 0.142 e. The summed E-state index contributed by atoms with van der Waals surface area (Å²) in [6, 6.07) is 22.8. The van der Waals surface area contributed by atoms with E-state index in [0.29, 0.717) is 0 Å². The average Bonchev–Trinajstić information content (AvgIpc) is 2.85. The molecule has 3 aromatic rings. The number of hydrogen-bond acceptors (Lipinski definition) is 1. The SMILES string of the molecule is CC/C(=C(\C(=C(/Cl)c1ccccc1C)C(C)C)c1ccc(/C=C/C=O)cc1)c1ccc(Cl)c(C)c1. The van der Waals surface area contributed by atoms with Crippen molar-refractivity contribution in [2.75, 3.05) is 0 Å². The first-order chi connectivity index (χ1) is 16.8. The van der Waals surface area contributed by atoms with E-state index in [9.17, 15) is 4.79 Å². The highest BCUT2D eigenvalue weighted by molar-refractivity contribution is 6.50. The summed E-state index contributed by atoms with van der Waals surface area (Å²) in [5.41, 5.74) is 9.91. The maximum absolute atomic E-state index is 10.8. The second-order valence-corrected chi connectivity index (χ2v) is 9.77. The van der Waals surface area contributed by atoms with Crippen molar-refractivity contribution in [2.45, 2.75) is 41.0 Å². The zero-order chi connectivity index (χ0) is 25.5. The fraction of sp³-hybridized carbons (Fsp3) is 0.219. The van der Waals surface area contributed by atoms with E-state index < -0.39 is 0 Å². The van der Waals surface area contributed by atoms with Crippen LogP contribution in [-0.2, 0) is 4.79 Å². The van der Waals surface area contributed by atoms with Gasteiger partial charge >= 0.3 is 0 Å². The number of aryl methyl sites for hydroxylation is 2. The Labute approximate surface area is 219 Å². The quantitative estimate of drug-likeness (QED) is 0.129. The van der Waals surface area contributed by atoms with Crippen LogP contribution in [0.2, 0.25) is 5.02 Å². The third-order valence-electron chi connectivity index (χ3n) is 6.19. The van der Waals surface area contributed by atoms with Crippen LogP contribution < -0.4 is 0 Å². The van der Waals surface area contributed by atoms with Crippen molar-refractivity contribution >= 4 is 51.7 Å². The Morgan fingerprint density at radius 2 is 1.57 bits per heavy atom. The van der Waals surface area contributed by atoms with Crippen LogP contribution in [0.15, 0.2) is 78.4 Å². The van der Waals surface area contributed by atoms with E-state index >= 15 is 0 Å². The summed E-state index contributed by atoms with van der Waals surface area (Å²) in [4.78, 5) is 10.8. The molecule has 0 aliphatic heterocycles. The highest BCUT2D eigenvalue weighted by Crippen LogP contribution is 2.43. The van der Waals surface area contributed by atoms with Crippen molar-refractivity contribution in [3.63, 3.8) is 0 Å². The van der Waals surface area contributed by atoms with Gasteiger partial charge in [-0.2, -0.15) is 0 Å². The monoisotopic (exact) mass is 502 g/mol. The molecule has 0 aromatic heterocycles. The molecule has 0 heterocycles. The van der Waals surface area contributed by atoms with Crippen LogP contribution in [0.25, 0.3) is 22.3 Å². The number of aldehydes is 1. The molecule has 0 spiro atoms. The lowest BCUT2D eigenvalue weighted by atomic mass is 9.82. The van der Waals surface area contributed by atoms with Gasteiger partial charge in [0.15, 0.2) is 0 Å². The molecule has 180 valence electrons. The maximum atomic E-state index is 10.8. The second-order valence-electron chi connectivity index (χ2n) is 8.99. The number of halogens is 2. The minimum atomic E-state index is 0.182. The van der Waals surface area contributed by atoms with Crippen molar-refractivity contribution < 1.29 is 4.79 Å². The number of benzene rings is 3. The van der Waals surface area contributed by atoms with Gasteiger partial charge in [0.25, 0.3) is 0 Å². The van der Waals surface area contributed by atoms with Crippen molar-refractivity contribution in [1.82, 2.24) is 0 Å². The van der Waals surface area contributed by atoms with E-state index in [-0.39, 0.29) is 5.92 Å². The summed E-state index contributed by atoms with van der Waals surface area (Å²) in [7, 11) is 0. The van der Waals surface area contributed by atoms with Crippen LogP contribution in [0.1, 0.15) is 60.6 Å². The Bertz CT molecular complexity index is 1290. The molecule has 0 fully saturated rings. The lowest BCUT2D eigenvalue weighted by molar-refractivity contribution is -0.104. The van der Waals surface area contributed by atoms with Gasteiger partial charge in [0.05, 0.1) is 5.03 Å². The van der Waals surface area contributed by atoms with E-state index in [1.165, 1.54) is 11.6 Å². The predicted octanol–water partition coefficient (Wildman–Crippen LogP) is 9.80. The summed E-state index contributed by atoms with van der Waals surface area (Å²) in [5, 5.41) is 1.53. The van der Waals surface area contributed by atoms with Crippen LogP contribution in [0, 0.1) is 19.8 Å². The number of carbonyl (C=O) groups excluding carboxylic acids is 1. The smallest absolute Gasteiger partial charge is 0.142 e. The number of hydrogen-bond donors (Lipinski definition) is 0. The summed E-state index contributed by atoms with van der Waals surface area (Å²) in [5.74, 6) is 0.182. The van der Waals surface area contributed by atoms with Crippen molar-refractivity contribution in [2.24, 2.45) is 5.92 Å². The molecule has 0 amide bonds. The van der Waals surface area contributed by atoms with Gasteiger partial charge < -0.3 is 0 Å². The summed E-state index contributed by atoms with van der Waals surface area (Å²) >= 11 is 13.6. The predicted molar refractivity (Wildman–Crippen MR) is 154 cm³/mol. The Morgan fingerprint density at radius 3 is 2.14 bits per heavy atom. The third kappa shape index (κ3) is 6.23. The molecule has 3 rings (SSSR count). The van der Waals surface area contributed by atoms with Gasteiger partial charge in [0.2, 0.25) is 0 Å². The largest absolute Gasteiger partial charge is 0.299 e. The lowest BCUT2D eigenvalue weighted by Gasteiger charge is -2.24. The molecule has 35 heavy (non-hydrogen) atoms. The summed E-state index contributed by atoms with van der Waals surface area (Å²) < 4.78 is 0. The molecule has 0 radical (unpaired) electrons. The van der Waals surface area contributed by atoms with E-state index in [1.54, 1.807) is 0 Å². The number of carbonyl (C=O) groups is 1. The average molecular weight is 504 g/mol. The summed E-state index contributed by atoms with van der Waals surface area (Å²) in [6.45, 7) is 10.7. The zero-order valence-electron chi connectivity index (χ0n) is 21.0. The van der Waals surface area contributed by atoms with Gasteiger partial charge in [-0.25, -0.2) is 0 Å². The lowest BCUT2D eigenvalue weighted by Crippen LogP contribution is -2.05. The standard InChI is InChI=1S/C32H32Cl2O/c1-6-27(26-17-18-29(33)23(5)20-26)31(25-15-13-24(14-16-25)11-9-19-35)30(21(2)3)32(34)28-12-8-7-10-22(28)4/h7-21H,6H2,1-5H3/b11-9+,31-27+,32-30-. The zero-order valence-corrected chi connectivity index (χ0v) is 22.5. The highest BCUT2D eigenvalue weighted by Gasteiger charge is 2.22. The Kier molecular flexibility index (Phi) is 9.32. The van der Waals surface area contributed by atoms with E-state index in [2.05, 4.69) is 64.1 Å². The van der Waals surface area contributed by atoms with Crippen LogP contribution in [-0.4, -0.2) is 6.29 Å². The van der Waals surface area contributed by atoms with Crippen LogP contribution in [0.5, 0.6) is 0 Å². The fourth-order valence-electron chi connectivity index (χ4n) is 4.38. The molecule has 0 bridgehead atoms. The molecule has 0 aliphatic rings. The van der Waals surface area contributed by atoms with Gasteiger partial charge in [-0.15, -0.1) is 0 Å². The first-order valence-electron chi connectivity index (χ1n) is 12.0. The Morgan fingerprint density at radius 1 is 0.914 bits per heavy atom. The fourth-order valence-corrected chi connectivity index (χ4v) is 5.02. The molecule has 0 N–H and O–H groups in total. The molecule has 0 atom stereocenters. The minimum absolute atomic E-state index is 0.182. The minimum Gasteiger partial charge on any atom is -0.299 e. The normalized spacial score (nSPS) is 13.1. The molecule has 0 saturated heterocycles. The first kappa shape index (κ1) is 26.7. The number of allylic oxidation sites excluding steroid dienone is 4. The van der Waals surface area contributed by atoms with Crippen molar-refractivity contribution in [1.29, 1.82) is 0 Å². The van der Waals surface area contributed by atoms with E-state index in [4.69, 9.17) is 23.2 Å². The molecule has 0 aliphatic carbocycles. The van der Waals surface area contributed by atoms with Gasteiger partial charge in [-0.05, 0) is 88.4 Å². The molecule has 0 unspecified atom stereocenters. The Balaban J connectivity index is 2.39. The van der Waals surface area contributed by atoms with Gasteiger partial charge in [0, 0.05) is 5.02 Å². The van der Waals surface area contributed by atoms with Crippen LogP contribution in [0.3, 0.4) is 0 Å². The topological polar surface area (TPSA) is 17.1 Å². The van der Waals surface area contributed by atoms with E-state index in [1.807, 2.05) is 43.3 Å². The van der Waals surface area contributed by atoms with Crippen LogP contribution in [0.4, 0.5) is 0 Å². The van der Waals surface area contributed by atoms with Crippen molar-refractivity contribution in [3.8, 4) is 0 Å². The van der Waals surface area contributed by atoms with Gasteiger partial charge in [0.1, 0.15) is 6.29 Å². The molecule has 0 saturated carbocycles. The van der Waals surface area contributed by atoms with Gasteiger partial charge in [-0.1, -0.05) is 111 Å². The third-order valence-corrected chi connectivity index (χ3v) is 7.02. The summed E-state index contributed by atoms with van der Waals surface area (Å²) in [6.07, 6.45) is 4.94. The molecule has 3 aromatic carbocycles. The molecular formula is C32H32Cl2O.